The van der Waals surface area contributed by atoms with Crippen LogP contribution < -0.4 is 0 Å². The van der Waals surface area contributed by atoms with Crippen molar-refractivity contribution >= 4 is 17.8 Å². The number of hydrogen-bond acceptors (Lipinski definition) is 5. The molecule has 0 aliphatic carbocycles. The molecule has 1 aliphatic rings. The standard InChI is InChI=1S/C16H17NO5/c1-3-10-21-15(20)16(2)9-11-22-17(14(16)19)13(18)12-7-5-4-6-8-12/h3-8H,1,9-11H2,2H3. The van der Waals surface area contributed by atoms with E-state index in [9.17, 15) is 14.4 Å². The minimum Gasteiger partial charge on any atom is -0.461 e. The summed E-state index contributed by atoms with van der Waals surface area (Å²) >= 11 is 0. The topological polar surface area (TPSA) is 72.9 Å². The summed E-state index contributed by atoms with van der Waals surface area (Å²) in [6.07, 6.45) is 1.57. The van der Waals surface area contributed by atoms with E-state index in [2.05, 4.69) is 6.58 Å². The lowest BCUT2D eigenvalue weighted by Crippen LogP contribution is -2.54. The highest BCUT2D eigenvalue weighted by Gasteiger charge is 2.50. The Kier molecular flexibility index (Phi) is 4.72. The van der Waals surface area contributed by atoms with E-state index in [1.165, 1.54) is 13.0 Å². The highest BCUT2D eigenvalue weighted by molar-refractivity contribution is 6.11. The number of benzene rings is 1. The van der Waals surface area contributed by atoms with Gasteiger partial charge in [0.15, 0.2) is 0 Å². The second-order valence-corrected chi connectivity index (χ2v) is 5.07. The predicted molar refractivity (Wildman–Crippen MR) is 77.5 cm³/mol. The molecule has 1 unspecified atom stereocenters. The lowest BCUT2D eigenvalue weighted by Gasteiger charge is -2.35. The Bertz CT molecular complexity index is 598. The zero-order chi connectivity index (χ0) is 16.2. The first-order valence-corrected chi connectivity index (χ1v) is 6.85. The summed E-state index contributed by atoms with van der Waals surface area (Å²) in [7, 11) is 0. The van der Waals surface area contributed by atoms with Gasteiger partial charge in [0.2, 0.25) is 0 Å². The van der Waals surface area contributed by atoms with Crippen molar-refractivity contribution in [2.45, 2.75) is 13.3 Å². The van der Waals surface area contributed by atoms with E-state index in [1.807, 2.05) is 0 Å². The zero-order valence-corrected chi connectivity index (χ0v) is 12.3. The average Bonchev–Trinajstić information content (AvgIpc) is 2.55. The Morgan fingerprint density at radius 2 is 2.09 bits per heavy atom. The number of carbonyl (C=O) groups excluding carboxylic acids is 3. The smallest absolute Gasteiger partial charge is 0.321 e. The number of ether oxygens (including phenoxy) is 1. The summed E-state index contributed by atoms with van der Waals surface area (Å²) in [5, 5.41) is 0.647. The van der Waals surface area contributed by atoms with Gasteiger partial charge in [-0.15, -0.1) is 5.06 Å². The molecule has 1 fully saturated rings. The average molecular weight is 303 g/mol. The van der Waals surface area contributed by atoms with Crippen molar-refractivity contribution in [1.29, 1.82) is 0 Å². The molecule has 1 atom stereocenters. The van der Waals surface area contributed by atoms with Gasteiger partial charge in [-0.3, -0.25) is 19.2 Å². The molecule has 1 heterocycles. The van der Waals surface area contributed by atoms with Crippen LogP contribution in [0.2, 0.25) is 0 Å². The maximum atomic E-state index is 12.5. The number of amides is 2. The fourth-order valence-electron chi connectivity index (χ4n) is 2.06. The molecule has 6 nitrogen and oxygen atoms in total. The van der Waals surface area contributed by atoms with E-state index >= 15 is 0 Å². The maximum Gasteiger partial charge on any atom is 0.321 e. The third-order valence-corrected chi connectivity index (χ3v) is 3.47. The number of esters is 1. The van der Waals surface area contributed by atoms with Crippen LogP contribution in [0.25, 0.3) is 0 Å². The summed E-state index contributed by atoms with van der Waals surface area (Å²) in [5.41, 5.74) is -1.13. The van der Waals surface area contributed by atoms with Crippen molar-refractivity contribution in [1.82, 2.24) is 5.06 Å². The van der Waals surface area contributed by atoms with Crippen LogP contribution in [0.15, 0.2) is 43.0 Å². The second-order valence-electron chi connectivity index (χ2n) is 5.07. The van der Waals surface area contributed by atoms with Crippen molar-refractivity contribution < 1.29 is 24.0 Å². The van der Waals surface area contributed by atoms with Crippen LogP contribution in [-0.2, 0) is 19.2 Å². The highest BCUT2D eigenvalue weighted by atomic mass is 16.7. The molecular formula is C16H17NO5. The third kappa shape index (κ3) is 2.92. The number of imide groups is 1. The lowest BCUT2D eigenvalue weighted by atomic mass is 9.85. The predicted octanol–water partition coefficient (Wildman–Crippen LogP) is 1.73. The minimum atomic E-state index is -1.44. The molecule has 22 heavy (non-hydrogen) atoms. The van der Waals surface area contributed by atoms with Crippen LogP contribution in [0.1, 0.15) is 23.7 Å². The van der Waals surface area contributed by atoms with E-state index in [0.29, 0.717) is 10.6 Å². The molecule has 0 saturated carbocycles. The van der Waals surface area contributed by atoms with Gasteiger partial charge in [-0.05, 0) is 25.5 Å². The summed E-state index contributed by atoms with van der Waals surface area (Å²) in [6, 6.07) is 8.26. The molecule has 1 aromatic carbocycles. The molecule has 0 N–H and O–H groups in total. The van der Waals surface area contributed by atoms with Gasteiger partial charge in [0.1, 0.15) is 12.0 Å². The molecule has 6 heteroatoms. The zero-order valence-electron chi connectivity index (χ0n) is 12.3. The first-order valence-electron chi connectivity index (χ1n) is 6.85. The van der Waals surface area contributed by atoms with Crippen molar-refractivity contribution in [2.24, 2.45) is 5.41 Å². The van der Waals surface area contributed by atoms with Gasteiger partial charge in [0.05, 0.1) is 6.61 Å². The number of nitrogens with zero attached hydrogens (tertiary/aromatic N) is 1. The van der Waals surface area contributed by atoms with Gasteiger partial charge in [0, 0.05) is 5.56 Å². The molecule has 0 bridgehead atoms. The van der Waals surface area contributed by atoms with E-state index in [4.69, 9.17) is 9.57 Å². The van der Waals surface area contributed by atoms with E-state index < -0.39 is 23.2 Å². The van der Waals surface area contributed by atoms with Crippen LogP contribution in [-0.4, -0.2) is 36.1 Å². The van der Waals surface area contributed by atoms with Crippen molar-refractivity contribution in [3.63, 3.8) is 0 Å². The minimum absolute atomic E-state index is 0.00912. The fourth-order valence-corrected chi connectivity index (χ4v) is 2.06. The first-order chi connectivity index (χ1) is 10.5. The number of rotatable bonds is 4. The molecule has 0 radical (unpaired) electrons. The molecule has 0 spiro atoms. The molecular weight excluding hydrogens is 286 g/mol. The van der Waals surface area contributed by atoms with Crippen molar-refractivity contribution in [2.75, 3.05) is 13.2 Å². The normalized spacial score (nSPS) is 21.3. The van der Waals surface area contributed by atoms with E-state index in [-0.39, 0.29) is 19.6 Å². The van der Waals surface area contributed by atoms with Gasteiger partial charge in [-0.2, -0.15) is 0 Å². The van der Waals surface area contributed by atoms with Gasteiger partial charge in [-0.1, -0.05) is 30.9 Å². The van der Waals surface area contributed by atoms with Crippen LogP contribution in [0.3, 0.4) is 0 Å². The second kappa shape index (κ2) is 6.53. The largest absolute Gasteiger partial charge is 0.461 e. The van der Waals surface area contributed by atoms with Crippen molar-refractivity contribution in [3.05, 3.63) is 48.6 Å². The lowest BCUT2D eigenvalue weighted by molar-refractivity contribution is -0.204. The van der Waals surface area contributed by atoms with Crippen molar-refractivity contribution in [3.8, 4) is 0 Å². The molecule has 1 aromatic rings. The number of hydroxylamine groups is 2. The van der Waals surface area contributed by atoms with E-state index in [0.717, 1.165) is 0 Å². The van der Waals surface area contributed by atoms with Crippen LogP contribution in [0.5, 0.6) is 0 Å². The Morgan fingerprint density at radius 3 is 2.73 bits per heavy atom. The summed E-state index contributed by atoms with van der Waals surface area (Å²) in [4.78, 5) is 42.1. The number of hydrogen-bond donors (Lipinski definition) is 0. The monoisotopic (exact) mass is 303 g/mol. The Hall–Kier alpha value is -2.47. The summed E-state index contributed by atoms with van der Waals surface area (Å²) in [5.74, 6) is -2.01. The Balaban J connectivity index is 2.21. The van der Waals surface area contributed by atoms with Gasteiger partial charge in [-0.25, -0.2) is 0 Å². The fraction of sp³-hybridized carbons (Fsp3) is 0.312. The van der Waals surface area contributed by atoms with Gasteiger partial charge >= 0.3 is 5.97 Å². The first kappa shape index (κ1) is 15.9. The Labute approximate surface area is 128 Å². The van der Waals surface area contributed by atoms with Gasteiger partial charge in [0.25, 0.3) is 11.8 Å². The SMILES string of the molecule is C=CCOC(=O)C1(C)CCON(C(=O)c2ccccc2)C1=O. The summed E-state index contributed by atoms with van der Waals surface area (Å²) in [6.45, 7) is 4.99. The van der Waals surface area contributed by atoms with Gasteiger partial charge < -0.3 is 4.74 Å². The maximum absolute atomic E-state index is 12.5. The van der Waals surface area contributed by atoms with Crippen LogP contribution >= 0.6 is 0 Å². The third-order valence-electron chi connectivity index (χ3n) is 3.47. The highest BCUT2D eigenvalue weighted by Crippen LogP contribution is 2.31. The Morgan fingerprint density at radius 1 is 1.41 bits per heavy atom. The number of carbonyl (C=O) groups is 3. The van der Waals surface area contributed by atoms with Crippen LogP contribution in [0, 0.1) is 5.41 Å². The van der Waals surface area contributed by atoms with Crippen LogP contribution in [0.4, 0.5) is 0 Å². The molecule has 1 saturated heterocycles. The molecule has 1 aliphatic heterocycles. The molecule has 2 amide bonds. The van der Waals surface area contributed by atoms with E-state index in [1.54, 1.807) is 30.3 Å². The summed E-state index contributed by atoms with van der Waals surface area (Å²) < 4.78 is 4.97. The molecule has 0 aromatic heterocycles. The molecule has 2 rings (SSSR count). The molecule has 116 valence electrons. The quantitative estimate of drug-likeness (QED) is 0.366.